The number of piperidine rings is 1. The van der Waals surface area contributed by atoms with E-state index >= 15 is 0 Å². The fourth-order valence-electron chi connectivity index (χ4n) is 9.20. The van der Waals surface area contributed by atoms with Gasteiger partial charge in [0.2, 0.25) is 0 Å². The average Bonchev–Trinajstić information content (AvgIpc) is 3.46. The van der Waals surface area contributed by atoms with Crippen molar-refractivity contribution < 1.29 is 38.8 Å². The lowest BCUT2D eigenvalue weighted by atomic mass is 9.50. The predicted molar refractivity (Wildman–Crippen MR) is 197 cm³/mol. The van der Waals surface area contributed by atoms with Crippen LogP contribution in [0.1, 0.15) is 154 Å². The predicted octanol–water partition coefficient (Wildman–Crippen LogP) is 8.00. The smallest absolute Gasteiger partial charge is 0.352 e. The van der Waals surface area contributed by atoms with Gasteiger partial charge in [0.1, 0.15) is 11.5 Å². The van der Waals surface area contributed by atoms with E-state index in [2.05, 4.69) is 11.8 Å². The lowest BCUT2D eigenvalue weighted by Crippen LogP contribution is -2.74. The zero-order valence-electron chi connectivity index (χ0n) is 31.7. The number of phenols is 1. The molecule has 2 aliphatic heterocycles. The van der Waals surface area contributed by atoms with Gasteiger partial charge in [0.15, 0.2) is 23.7 Å². The minimum atomic E-state index is -1.20. The van der Waals surface area contributed by atoms with Gasteiger partial charge in [-0.3, -0.25) is 9.59 Å². The number of phenolic OH excluding ortho intramolecular Hbond substituents is 1. The number of benzene rings is 1. The van der Waals surface area contributed by atoms with Crippen LogP contribution in [-0.2, 0) is 35.7 Å². The number of carbonyl (C=O) groups excluding carboxylic acids is 3. The molecule has 0 radical (unpaired) electrons. The van der Waals surface area contributed by atoms with E-state index < -0.39 is 41.1 Å². The highest BCUT2D eigenvalue weighted by atomic mass is 16.6. The SMILES string of the molecule is CCCCCCCCCCCCCCCCCC(=O)C[C@@H](C)C(=O)O[C@@H](C)C(=O)OC1=CC[C@@]2(O)[C@H]3Cc4ccc(O)c5c4[C@@]2(CCN3C)[C@H]1O5. The molecule has 2 heterocycles. The zero-order chi connectivity index (χ0) is 36.6. The first-order valence-electron chi connectivity index (χ1n) is 20.1. The van der Waals surface area contributed by atoms with Gasteiger partial charge >= 0.3 is 11.9 Å². The average molecular weight is 710 g/mol. The van der Waals surface area contributed by atoms with Crippen LogP contribution in [-0.4, -0.2) is 70.3 Å². The molecule has 1 fully saturated rings. The normalized spacial score (nSPS) is 25.7. The van der Waals surface area contributed by atoms with E-state index in [1.807, 2.05) is 13.1 Å². The van der Waals surface area contributed by atoms with Gasteiger partial charge in [-0.05, 0) is 57.5 Å². The number of hydrogen-bond donors (Lipinski definition) is 2. The van der Waals surface area contributed by atoms with E-state index in [1.165, 1.54) is 84.0 Å². The maximum absolute atomic E-state index is 13.3. The summed E-state index contributed by atoms with van der Waals surface area (Å²) in [6.07, 6.45) is 20.7. The number of likely N-dealkylation sites (N-methyl/N-ethyl adjacent to an activating group) is 1. The van der Waals surface area contributed by atoms with Gasteiger partial charge in [-0.25, -0.2) is 4.79 Å². The van der Waals surface area contributed by atoms with Crippen LogP contribution in [0.5, 0.6) is 11.5 Å². The highest BCUT2D eigenvalue weighted by Crippen LogP contribution is 2.65. The standard InChI is InChI=1S/C42H63NO8/c1-5-6-7-8-9-10-11-12-13-14-15-16-17-18-19-20-32(44)27-29(2)39(46)49-30(3)40(47)50-34-23-24-42(48)35-28-31-21-22-33(45)37-36(31)41(42,38(34)51-37)25-26-43(35)4/h21-23,29-30,35,38,45,48H,5-20,24-28H2,1-4H3/t29-,30+,35-,38+,41+,42-/m1/s1. The molecule has 0 aromatic heterocycles. The summed E-state index contributed by atoms with van der Waals surface area (Å²) >= 11 is 0. The van der Waals surface area contributed by atoms with Gasteiger partial charge in [-0.15, -0.1) is 0 Å². The van der Waals surface area contributed by atoms with Gasteiger partial charge < -0.3 is 29.3 Å². The Kier molecular flexibility index (Phi) is 13.7. The van der Waals surface area contributed by atoms with E-state index in [0.717, 1.165) is 30.4 Å². The van der Waals surface area contributed by atoms with Crippen LogP contribution in [0.3, 0.4) is 0 Å². The first-order valence-corrected chi connectivity index (χ1v) is 20.1. The van der Waals surface area contributed by atoms with Crippen molar-refractivity contribution in [3.05, 3.63) is 35.1 Å². The number of likely N-dealkylation sites (tertiary alicyclic amines) is 1. The van der Waals surface area contributed by atoms with Crippen LogP contribution >= 0.6 is 0 Å². The fourth-order valence-corrected chi connectivity index (χ4v) is 9.20. The minimum Gasteiger partial charge on any atom is -0.504 e. The summed E-state index contributed by atoms with van der Waals surface area (Å²) in [5, 5.41) is 23.0. The maximum atomic E-state index is 13.3. The molecule has 9 nitrogen and oxygen atoms in total. The molecule has 9 heteroatoms. The highest BCUT2D eigenvalue weighted by molar-refractivity contribution is 5.86. The molecular weight excluding hydrogens is 646 g/mol. The number of nitrogens with zero attached hydrogens (tertiary/aromatic N) is 1. The second-order valence-electron chi connectivity index (χ2n) is 15.9. The molecule has 0 unspecified atom stereocenters. The van der Waals surface area contributed by atoms with Gasteiger partial charge in [-0.1, -0.05) is 110 Å². The van der Waals surface area contributed by atoms with E-state index in [4.69, 9.17) is 14.2 Å². The highest BCUT2D eigenvalue weighted by Gasteiger charge is 2.72. The number of aromatic hydroxyl groups is 1. The van der Waals surface area contributed by atoms with Crippen molar-refractivity contribution in [1.29, 1.82) is 0 Å². The van der Waals surface area contributed by atoms with Crippen molar-refractivity contribution in [1.82, 2.24) is 4.90 Å². The number of ether oxygens (including phenoxy) is 3. The van der Waals surface area contributed by atoms with Crippen LogP contribution in [0.25, 0.3) is 0 Å². The van der Waals surface area contributed by atoms with Crippen LogP contribution in [0.15, 0.2) is 24.0 Å². The summed E-state index contributed by atoms with van der Waals surface area (Å²) in [4.78, 5) is 41.0. The Bertz CT molecular complexity index is 1410. The summed E-state index contributed by atoms with van der Waals surface area (Å²) in [7, 11) is 2.01. The van der Waals surface area contributed by atoms with Crippen molar-refractivity contribution in [3.63, 3.8) is 0 Å². The number of aliphatic hydroxyl groups is 1. The van der Waals surface area contributed by atoms with Crippen LogP contribution < -0.4 is 4.74 Å². The third-order valence-electron chi connectivity index (χ3n) is 12.2. The summed E-state index contributed by atoms with van der Waals surface area (Å²) in [5.74, 6) is -1.41. The van der Waals surface area contributed by atoms with Gasteiger partial charge in [-0.2, -0.15) is 0 Å². The van der Waals surface area contributed by atoms with Crippen molar-refractivity contribution in [2.24, 2.45) is 5.92 Å². The largest absolute Gasteiger partial charge is 0.504 e. The number of rotatable bonds is 22. The molecule has 1 spiro atoms. The van der Waals surface area contributed by atoms with Crippen molar-refractivity contribution in [3.8, 4) is 11.5 Å². The molecule has 0 amide bonds. The number of esters is 2. The van der Waals surface area contributed by atoms with E-state index in [0.29, 0.717) is 31.6 Å². The van der Waals surface area contributed by atoms with Gasteiger partial charge in [0.05, 0.1) is 16.9 Å². The van der Waals surface area contributed by atoms with Gasteiger partial charge in [0, 0.05) is 30.9 Å². The molecule has 5 rings (SSSR count). The molecular formula is C42H63NO8. The molecule has 1 aromatic rings. The summed E-state index contributed by atoms with van der Waals surface area (Å²) in [5.41, 5.74) is -0.218. The Hall–Kier alpha value is -2.91. The quantitative estimate of drug-likeness (QED) is 0.0911. The first-order chi connectivity index (χ1) is 24.5. The molecule has 4 aliphatic rings. The fraction of sp³-hybridized carbons (Fsp3) is 0.738. The second kappa shape index (κ2) is 17.7. The Morgan fingerprint density at radius 3 is 2.16 bits per heavy atom. The maximum Gasteiger partial charge on any atom is 0.352 e. The molecule has 2 bridgehead atoms. The Balaban J connectivity index is 1.00. The Labute approximate surface area is 305 Å². The monoisotopic (exact) mass is 709 g/mol. The Morgan fingerprint density at radius 2 is 1.53 bits per heavy atom. The molecule has 1 aromatic carbocycles. The van der Waals surface area contributed by atoms with Crippen molar-refractivity contribution in [2.75, 3.05) is 13.6 Å². The molecule has 284 valence electrons. The molecule has 6 atom stereocenters. The minimum absolute atomic E-state index is 0.00616. The second-order valence-corrected chi connectivity index (χ2v) is 15.9. The molecule has 1 saturated heterocycles. The molecule has 2 N–H and O–H groups in total. The van der Waals surface area contributed by atoms with Crippen molar-refractivity contribution in [2.45, 2.75) is 178 Å². The third-order valence-corrected chi connectivity index (χ3v) is 12.2. The molecule has 51 heavy (non-hydrogen) atoms. The lowest BCUT2D eigenvalue weighted by molar-refractivity contribution is -0.176. The van der Waals surface area contributed by atoms with Crippen LogP contribution in [0, 0.1) is 5.92 Å². The number of carbonyl (C=O) groups is 3. The van der Waals surface area contributed by atoms with Crippen LogP contribution in [0.4, 0.5) is 0 Å². The molecule has 0 saturated carbocycles. The summed E-state index contributed by atoms with van der Waals surface area (Å²) in [6.45, 7) is 6.09. The lowest BCUT2D eigenvalue weighted by Gasteiger charge is -2.61. The summed E-state index contributed by atoms with van der Waals surface area (Å²) in [6, 6.07) is 3.36. The first kappa shape index (κ1) is 39.3. The molecule has 2 aliphatic carbocycles. The number of unbranched alkanes of at least 4 members (excludes halogenated alkanes) is 14. The van der Waals surface area contributed by atoms with Gasteiger partial charge in [0.25, 0.3) is 0 Å². The number of hydrogen-bond acceptors (Lipinski definition) is 9. The topological polar surface area (TPSA) is 123 Å². The Morgan fingerprint density at radius 1 is 0.922 bits per heavy atom. The summed E-state index contributed by atoms with van der Waals surface area (Å²) < 4.78 is 17.7. The number of Topliss-reactive ketones (excluding diaryl/α,β-unsaturated/α-hetero) is 1. The van der Waals surface area contributed by atoms with E-state index in [-0.39, 0.29) is 36.2 Å². The third kappa shape index (κ3) is 8.51. The zero-order valence-corrected chi connectivity index (χ0v) is 31.7. The van der Waals surface area contributed by atoms with E-state index in [1.54, 1.807) is 19.1 Å². The van der Waals surface area contributed by atoms with Crippen LogP contribution in [0.2, 0.25) is 0 Å². The van der Waals surface area contributed by atoms with Crippen molar-refractivity contribution >= 4 is 17.7 Å². The van der Waals surface area contributed by atoms with E-state index in [9.17, 15) is 24.6 Å². The number of ketones is 1.